The Morgan fingerprint density at radius 1 is 1.43 bits per heavy atom. The molecule has 1 aliphatic carbocycles. The van der Waals surface area contributed by atoms with E-state index in [0.717, 1.165) is 25.0 Å². The Kier molecular flexibility index (Phi) is 4.75. The lowest BCUT2D eigenvalue weighted by atomic mass is 9.96. The van der Waals surface area contributed by atoms with Crippen molar-refractivity contribution in [3.8, 4) is 5.75 Å². The Morgan fingerprint density at radius 2 is 2.19 bits per heavy atom. The zero-order chi connectivity index (χ0) is 15.5. The van der Waals surface area contributed by atoms with Gasteiger partial charge in [0.1, 0.15) is 5.75 Å². The number of amides is 1. The van der Waals surface area contributed by atoms with E-state index in [2.05, 4.69) is 0 Å². The second-order valence-corrected chi connectivity index (χ2v) is 5.20. The molecule has 1 amide bonds. The van der Waals surface area contributed by atoms with Crippen molar-refractivity contribution in [2.75, 3.05) is 13.7 Å². The van der Waals surface area contributed by atoms with E-state index in [4.69, 9.17) is 4.74 Å². The number of fused-ring (bicyclic) bond motifs is 1. The zero-order valence-corrected chi connectivity index (χ0v) is 11.8. The highest BCUT2D eigenvalue weighted by atomic mass is 19.4. The SMILES string of the molecule is COc1ccc2c(c1)C(CCCNC(=O)C(F)(F)F)CC2. The third-order valence-corrected chi connectivity index (χ3v) is 3.83. The number of rotatable bonds is 5. The molecule has 116 valence electrons. The van der Waals surface area contributed by atoms with Gasteiger partial charge in [-0.05, 0) is 54.9 Å². The molecule has 0 aromatic heterocycles. The molecule has 0 saturated heterocycles. The standard InChI is InChI=1S/C15H18F3NO2/c1-21-12-7-6-11-5-4-10(13(11)9-12)3-2-8-19-14(20)15(16,17)18/h6-7,9-10H,2-5,8H2,1H3,(H,19,20). The zero-order valence-electron chi connectivity index (χ0n) is 11.8. The first kappa shape index (κ1) is 15.7. The van der Waals surface area contributed by atoms with Crippen LogP contribution < -0.4 is 10.1 Å². The molecule has 1 N–H and O–H groups in total. The maximum absolute atomic E-state index is 12.0. The summed E-state index contributed by atoms with van der Waals surface area (Å²) in [6.45, 7) is 0.0497. The number of carbonyl (C=O) groups excluding carboxylic acids is 1. The van der Waals surface area contributed by atoms with Crippen molar-refractivity contribution in [1.29, 1.82) is 0 Å². The van der Waals surface area contributed by atoms with E-state index in [1.165, 1.54) is 11.1 Å². The number of hydrogen-bond donors (Lipinski definition) is 1. The number of halogens is 3. The fraction of sp³-hybridized carbons (Fsp3) is 0.533. The molecule has 6 heteroatoms. The quantitative estimate of drug-likeness (QED) is 0.848. The number of methoxy groups -OCH3 is 1. The average molecular weight is 301 g/mol. The highest BCUT2D eigenvalue weighted by molar-refractivity contribution is 5.81. The van der Waals surface area contributed by atoms with Crippen LogP contribution in [0.25, 0.3) is 0 Å². The van der Waals surface area contributed by atoms with Gasteiger partial charge in [-0.2, -0.15) is 13.2 Å². The molecule has 0 heterocycles. The van der Waals surface area contributed by atoms with Crippen molar-refractivity contribution in [3.05, 3.63) is 29.3 Å². The summed E-state index contributed by atoms with van der Waals surface area (Å²) in [5.41, 5.74) is 2.50. The minimum Gasteiger partial charge on any atom is -0.497 e. The molecule has 1 aromatic carbocycles. The van der Waals surface area contributed by atoms with Gasteiger partial charge in [0, 0.05) is 6.54 Å². The Hall–Kier alpha value is -1.72. The van der Waals surface area contributed by atoms with Crippen LogP contribution >= 0.6 is 0 Å². The molecule has 1 aliphatic rings. The van der Waals surface area contributed by atoms with Gasteiger partial charge in [-0.25, -0.2) is 0 Å². The first-order valence-electron chi connectivity index (χ1n) is 6.93. The van der Waals surface area contributed by atoms with Crippen LogP contribution in [0.15, 0.2) is 18.2 Å². The number of alkyl halides is 3. The lowest BCUT2D eigenvalue weighted by Crippen LogP contribution is -2.37. The van der Waals surface area contributed by atoms with Gasteiger partial charge in [0.25, 0.3) is 0 Å². The molecule has 1 atom stereocenters. The van der Waals surface area contributed by atoms with E-state index < -0.39 is 12.1 Å². The van der Waals surface area contributed by atoms with Gasteiger partial charge in [-0.3, -0.25) is 4.79 Å². The number of aryl methyl sites for hydroxylation is 1. The van der Waals surface area contributed by atoms with E-state index in [0.29, 0.717) is 12.3 Å². The van der Waals surface area contributed by atoms with Crippen molar-refractivity contribution in [2.45, 2.75) is 37.8 Å². The Bertz CT molecular complexity index is 514. The summed E-state index contributed by atoms with van der Waals surface area (Å²) in [4.78, 5) is 10.7. The Morgan fingerprint density at radius 3 is 2.86 bits per heavy atom. The van der Waals surface area contributed by atoms with Gasteiger partial charge in [-0.15, -0.1) is 0 Å². The summed E-state index contributed by atoms with van der Waals surface area (Å²) in [7, 11) is 1.61. The van der Waals surface area contributed by atoms with Gasteiger partial charge in [0.05, 0.1) is 7.11 Å². The van der Waals surface area contributed by atoms with Crippen molar-refractivity contribution in [3.63, 3.8) is 0 Å². The Labute approximate surface area is 121 Å². The molecule has 1 unspecified atom stereocenters. The highest BCUT2D eigenvalue weighted by Crippen LogP contribution is 2.38. The lowest BCUT2D eigenvalue weighted by molar-refractivity contribution is -0.173. The van der Waals surface area contributed by atoms with Crippen molar-refractivity contribution < 1.29 is 22.7 Å². The summed E-state index contributed by atoms with van der Waals surface area (Å²) >= 11 is 0. The molecule has 3 nitrogen and oxygen atoms in total. The Balaban J connectivity index is 1.83. The minimum absolute atomic E-state index is 0.0497. The number of nitrogens with one attached hydrogen (secondary N) is 1. The average Bonchev–Trinajstić information content (AvgIpc) is 2.84. The third kappa shape index (κ3) is 3.89. The maximum atomic E-state index is 12.0. The second-order valence-electron chi connectivity index (χ2n) is 5.20. The van der Waals surface area contributed by atoms with Crippen LogP contribution in [-0.2, 0) is 11.2 Å². The number of hydrogen-bond acceptors (Lipinski definition) is 2. The van der Waals surface area contributed by atoms with Crippen molar-refractivity contribution in [2.24, 2.45) is 0 Å². The molecule has 2 rings (SSSR count). The van der Waals surface area contributed by atoms with Crippen LogP contribution in [0.5, 0.6) is 5.75 Å². The summed E-state index contributed by atoms with van der Waals surface area (Å²) < 4.78 is 41.3. The number of ether oxygens (including phenoxy) is 1. The van der Waals surface area contributed by atoms with E-state index in [1.807, 2.05) is 23.5 Å². The molecule has 0 spiro atoms. The first-order chi connectivity index (χ1) is 9.91. The molecule has 0 fully saturated rings. The molecule has 0 saturated carbocycles. The van der Waals surface area contributed by atoms with Crippen LogP contribution in [0.2, 0.25) is 0 Å². The molecule has 0 aliphatic heterocycles. The predicted octanol–water partition coefficient (Wildman–Crippen LogP) is 3.18. The van der Waals surface area contributed by atoms with E-state index in [9.17, 15) is 18.0 Å². The summed E-state index contributed by atoms with van der Waals surface area (Å²) in [5.74, 6) is -0.736. The van der Waals surface area contributed by atoms with Gasteiger partial charge < -0.3 is 10.1 Å². The second kappa shape index (κ2) is 6.37. The van der Waals surface area contributed by atoms with Gasteiger partial charge in [0.15, 0.2) is 0 Å². The van der Waals surface area contributed by atoms with E-state index in [-0.39, 0.29) is 6.54 Å². The summed E-state index contributed by atoms with van der Waals surface area (Å²) in [6.07, 6.45) is -1.52. The number of carbonyl (C=O) groups is 1. The topological polar surface area (TPSA) is 38.3 Å². The fourth-order valence-corrected chi connectivity index (χ4v) is 2.74. The normalized spacial score (nSPS) is 17.4. The molecule has 0 bridgehead atoms. The number of benzene rings is 1. The lowest BCUT2D eigenvalue weighted by Gasteiger charge is -2.13. The highest BCUT2D eigenvalue weighted by Gasteiger charge is 2.38. The third-order valence-electron chi connectivity index (χ3n) is 3.83. The molecular formula is C15H18F3NO2. The van der Waals surface area contributed by atoms with Gasteiger partial charge >= 0.3 is 12.1 Å². The van der Waals surface area contributed by atoms with Crippen LogP contribution in [0.3, 0.4) is 0 Å². The maximum Gasteiger partial charge on any atom is 0.471 e. The van der Waals surface area contributed by atoms with Crippen molar-refractivity contribution >= 4 is 5.91 Å². The van der Waals surface area contributed by atoms with Gasteiger partial charge in [0.2, 0.25) is 0 Å². The first-order valence-corrected chi connectivity index (χ1v) is 6.93. The fourth-order valence-electron chi connectivity index (χ4n) is 2.74. The van der Waals surface area contributed by atoms with Crippen LogP contribution in [0, 0.1) is 0 Å². The largest absolute Gasteiger partial charge is 0.497 e. The molecule has 21 heavy (non-hydrogen) atoms. The minimum atomic E-state index is -4.80. The van der Waals surface area contributed by atoms with Crippen LogP contribution in [0.4, 0.5) is 13.2 Å². The van der Waals surface area contributed by atoms with E-state index >= 15 is 0 Å². The smallest absolute Gasteiger partial charge is 0.471 e. The van der Waals surface area contributed by atoms with Crippen LogP contribution in [0.1, 0.15) is 36.3 Å². The summed E-state index contributed by atoms with van der Waals surface area (Å²) in [6, 6.07) is 5.96. The predicted molar refractivity (Wildman–Crippen MR) is 72.4 cm³/mol. The molecule has 1 aromatic rings. The van der Waals surface area contributed by atoms with E-state index in [1.54, 1.807) is 7.11 Å². The van der Waals surface area contributed by atoms with Gasteiger partial charge in [-0.1, -0.05) is 6.07 Å². The van der Waals surface area contributed by atoms with Crippen molar-refractivity contribution in [1.82, 2.24) is 5.32 Å². The van der Waals surface area contributed by atoms with Crippen LogP contribution in [-0.4, -0.2) is 25.7 Å². The molecular weight excluding hydrogens is 283 g/mol. The molecule has 0 radical (unpaired) electrons. The summed E-state index contributed by atoms with van der Waals surface area (Å²) in [5, 5.41) is 1.90. The monoisotopic (exact) mass is 301 g/mol.